The van der Waals surface area contributed by atoms with Crippen LogP contribution in [-0.2, 0) is 4.74 Å². The van der Waals surface area contributed by atoms with Gasteiger partial charge in [0, 0.05) is 4.88 Å². The molecule has 1 saturated heterocycles. The van der Waals surface area contributed by atoms with Crippen molar-refractivity contribution in [1.29, 1.82) is 0 Å². The number of thiophene rings is 1. The minimum Gasteiger partial charge on any atom is -0.388 e. The van der Waals surface area contributed by atoms with Crippen LogP contribution in [0.15, 0.2) is 47.5 Å². The first-order valence-corrected chi connectivity index (χ1v) is 7.87. The van der Waals surface area contributed by atoms with E-state index >= 15 is 0 Å². The molecule has 0 spiro atoms. The van der Waals surface area contributed by atoms with Gasteiger partial charge in [-0.1, -0.05) is 30.3 Å². The normalized spacial score (nSPS) is 21.5. The number of benzene rings is 1. The predicted octanol–water partition coefficient (Wildman–Crippen LogP) is 2.06. The molecule has 1 fully saturated rings. The minimum atomic E-state index is -0.662. The lowest BCUT2D eigenvalue weighted by Crippen LogP contribution is -2.31. The van der Waals surface area contributed by atoms with Crippen molar-refractivity contribution in [3.63, 3.8) is 0 Å². The SMILES string of the molecule is O=c1c2sc(-c3ccccc3)cc2ncn1[C@H]1COC[C@@H]1O. The van der Waals surface area contributed by atoms with Crippen molar-refractivity contribution in [2.24, 2.45) is 0 Å². The van der Waals surface area contributed by atoms with Crippen LogP contribution in [-0.4, -0.2) is 34.0 Å². The summed E-state index contributed by atoms with van der Waals surface area (Å²) in [6, 6.07) is 11.5. The Labute approximate surface area is 130 Å². The second kappa shape index (κ2) is 5.31. The first-order valence-electron chi connectivity index (χ1n) is 7.06. The molecular weight excluding hydrogens is 300 g/mol. The Hall–Kier alpha value is -2.02. The summed E-state index contributed by atoms with van der Waals surface area (Å²) in [7, 11) is 0. The number of aliphatic hydroxyl groups excluding tert-OH is 1. The third kappa shape index (κ3) is 2.16. The van der Waals surface area contributed by atoms with Crippen molar-refractivity contribution in [3.05, 3.63) is 53.1 Å². The van der Waals surface area contributed by atoms with Crippen molar-refractivity contribution in [2.75, 3.05) is 13.2 Å². The van der Waals surface area contributed by atoms with E-state index in [0.717, 1.165) is 10.4 Å². The zero-order chi connectivity index (χ0) is 15.1. The van der Waals surface area contributed by atoms with Crippen LogP contribution in [0.2, 0.25) is 0 Å². The number of hydrogen-bond acceptors (Lipinski definition) is 5. The lowest BCUT2D eigenvalue weighted by molar-refractivity contribution is 0.119. The van der Waals surface area contributed by atoms with Crippen LogP contribution in [0, 0.1) is 0 Å². The van der Waals surface area contributed by atoms with Gasteiger partial charge in [-0.15, -0.1) is 11.3 Å². The van der Waals surface area contributed by atoms with Gasteiger partial charge in [0.1, 0.15) is 10.8 Å². The van der Waals surface area contributed by atoms with Crippen LogP contribution in [0.5, 0.6) is 0 Å². The first-order chi connectivity index (χ1) is 10.7. The van der Waals surface area contributed by atoms with Gasteiger partial charge in [0.05, 0.1) is 31.1 Å². The highest BCUT2D eigenvalue weighted by Crippen LogP contribution is 2.31. The number of fused-ring (bicyclic) bond motifs is 1. The second-order valence-corrected chi connectivity index (χ2v) is 6.37. The Balaban J connectivity index is 1.84. The molecule has 1 aromatic carbocycles. The highest BCUT2D eigenvalue weighted by molar-refractivity contribution is 7.22. The van der Waals surface area contributed by atoms with Crippen LogP contribution < -0.4 is 5.56 Å². The zero-order valence-corrected chi connectivity index (χ0v) is 12.5. The van der Waals surface area contributed by atoms with Gasteiger partial charge in [-0.2, -0.15) is 0 Å². The number of nitrogens with zero attached hydrogens (tertiary/aromatic N) is 2. The molecule has 2 atom stereocenters. The Morgan fingerprint density at radius 3 is 2.82 bits per heavy atom. The van der Waals surface area contributed by atoms with Gasteiger partial charge in [0.15, 0.2) is 0 Å². The van der Waals surface area contributed by atoms with E-state index in [4.69, 9.17) is 4.74 Å². The molecule has 112 valence electrons. The molecule has 3 heterocycles. The molecule has 1 N–H and O–H groups in total. The number of ether oxygens (including phenoxy) is 1. The molecule has 0 bridgehead atoms. The van der Waals surface area contributed by atoms with Crippen molar-refractivity contribution in [3.8, 4) is 10.4 Å². The van der Waals surface area contributed by atoms with E-state index < -0.39 is 6.10 Å². The molecule has 2 aromatic heterocycles. The molecular formula is C16H14N2O3S. The average molecular weight is 314 g/mol. The van der Waals surface area contributed by atoms with Gasteiger partial charge < -0.3 is 9.84 Å². The monoisotopic (exact) mass is 314 g/mol. The molecule has 5 nitrogen and oxygen atoms in total. The van der Waals surface area contributed by atoms with E-state index in [2.05, 4.69) is 4.98 Å². The minimum absolute atomic E-state index is 0.119. The topological polar surface area (TPSA) is 64.4 Å². The molecule has 1 aliphatic rings. The lowest BCUT2D eigenvalue weighted by atomic mass is 10.2. The Kier molecular flexibility index (Phi) is 3.29. The summed E-state index contributed by atoms with van der Waals surface area (Å²) in [6.07, 6.45) is 0.847. The molecule has 0 saturated carbocycles. The molecule has 0 radical (unpaired) electrons. The molecule has 0 unspecified atom stereocenters. The summed E-state index contributed by atoms with van der Waals surface area (Å²) >= 11 is 1.43. The number of hydrogen-bond donors (Lipinski definition) is 1. The second-order valence-electron chi connectivity index (χ2n) is 5.32. The highest BCUT2D eigenvalue weighted by Gasteiger charge is 2.29. The molecule has 4 rings (SSSR count). The fraction of sp³-hybridized carbons (Fsp3) is 0.250. The fourth-order valence-electron chi connectivity index (χ4n) is 2.70. The average Bonchev–Trinajstić information content (AvgIpc) is 3.15. The summed E-state index contributed by atoms with van der Waals surface area (Å²) < 4.78 is 7.33. The van der Waals surface area contributed by atoms with Crippen molar-refractivity contribution >= 4 is 21.6 Å². The van der Waals surface area contributed by atoms with Crippen LogP contribution in [0.1, 0.15) is 6.04 Å². The maximum Gasteiger partial charge on any atom is 0.271 e. The number of rotatable bonds is 2. The third-order valence-corrected chi connectivity index (χ3v) is 5.06. The van der Waals surface area contributed by atoms with E-state index in [1.165, 1.54) is 22.2 Å². The molecule has 0 amide bonds. The standard InChI is InChI=1S/C16H14N2O3S/c19-13-8-21-7-12(13)18-9-17-11-6-14(22-15(11)16(18)20)10-4-2-1-3-5-10/h1-6,9,12-13,19H,7-8H2/t12-,13-/m0/s1. The zero-order valence-electron chi connectivity index (χ0n) is 11.7. The largest absolute Gasteiger partial charge is 0.388 e. The number of aromatic nitrogens is 2. The molecule has 0 aliphatic carbocycles. The van der Waals surface area contributed by atoms with Gasteiger partial charge in [0.25, 0.3) is 5.56 Å². The van der Waals surface area contributed by atoms with Crippen molar-refractivity contribution < 1.29 is 9.84 Å². The van der Waals surface area contributed by atoms with E-state index in [-0.39, 0.29) is 18.2 Å². The maximum absolute atomic E-state index is 12.7. The van der Waals surface area contributed by atoms with Gasteiger partial charge in [-0.3, -0.25) is 9.36 Å². The Morgan fingerprint density at radius 1 is 1.27 bits per heavy atom. The maximum atomic E-state index is 12.7. The third-order valence-electron chi connectivity index (χ3n) is 3.90. The lowest BCUT2D eigenvalue weighted by Gasteiger charge is -2.14. The van der Waals surface area contributed by atoms with Gasteiger partial charge >= 0.3 is 0 Å². The van der Waals surface area contributed by atoms with E-state index in [9.17, 15) is 9.90 Å². The predicted molar refractivity (Wildman–Crippen MR) is 85.2 cm³/mol. The molecule has 1 aliphatic heterocycles. The van der Waals surface area contributed by atoms with Gasteiger partial charge in [-0.05, 0) is 11.6 Å². The first kappa shape index (κ1) is 13.6. The van der Waals surface area contributed by atoms with Gasteiger partial charge in [0.2, 0.25) is 0 Å². The Morgan fingerprint density at radius 2 is 2.09 bits per heavy atom. The van der Waals surface area contributed by atoms with Crippen LogP contribution in [0.25, 0.3) is 20.7 Å². The van der Waals surface area contributed by atoms with Crippen LogP contribution in [0.3, 0.4) is 0 Å². The van der Waals surface area contributed by atoms with E-state index in [1.54, 1.807) is 0 Å². The van der Waals surface area contributed by atoms with Crippen LogP contribution in [0.4, 0.5) is 0 Å². The van der Waals surface area contributed by atoms with E-state index in [0.29, 0.717) is 16.8 Å². The van der Waals surface area contributed by atoms with Crippen LogP contribution >= 0.6 is 11.3 Å². The molecule has 22 heavy (non-hydrogen) atoms. The summed E-state index contributed by atoms with van der Waals surface area (Å²) in [5.74, 6) is 0. The molecule has 3 aromatic rings. The summed E-state index contributed by atoms with van der Waals surface area (Å²) in [5.41, 5.74) is 1.64. The summed E-state index contributed by atoms with van der Waals surface area (Å²) in [4.78, 5) is 18.1. The Bertz CT molecular complexity index is 872. The smallest absolute Gasteiger partial charge is 0.271 e. The van der Waals surface area contributed by atoms with E-state index in [1.807, 2.05) is 36.4 Å². The fourth-order valence-corrected chi connectivity index (χ4v) is 3.76. The summed E-state index contributed by atoms with van der Waals surface area (Å²) in [5, 5.41) is 9.91. The summed E-state index contributed by atoms with van der Waals surface area (Å²) in [6.45, 7) is 0.597. The van der Waals surface area contributed by atoms with Gasteiger partial charge in [-0.25, -0.2) is 4.98 Å². The molecule has 6 heteroatoms. The number of aliphatic hydroxyl groups is 1. The highest BCUT2D eigenvalue weighted by atomic mass is 32.1. The van der Waals surface area contributed by atoms with Crippen molar-refractivity contribution in [1.82, 2.24) is 9.55 Å². The van der Waals surface area contributed by atoms with Crippen molar-refractivity contribution in [2.45, 2.75) is 12.1 Å². The quantitative estimate of drug-likeness (QED) is 0.786.